The molecule has 1 aromatic heterocycles. The zero-order valence-electron chi connectivity index (χ0n) is 28.3. The Morgan fingerprint density at radius 3 is 2.26 bits per heavy atom. The minimum Gasteiger partial charge on any atom is -0.495 e. The van der Waals surface area contributed by atoms with Crippen LogP contribution in [0.1, 0.15) is 6.92 Å². The number of nitrogens with zero attached hydrogens (tertiary/aromatic N) is 6. The Balaban J connectivity index is 1.57. The van der Waals surface area contributed by atoms with E-state index in [-0.39, 0.29) is 22.5 Å². The van der Waals surface area contributed by atoms with Crippen LogP contribution in [0, 0.1) is 0 Å². The van der Waals surface area contributed by atoms with Gasteiger partial charge >= 0.3 is 6.03 Å². The Morgan fingerprint density at radius 1 is 1.02 bits per heavy atom. The molecular formula is C32H46Cl2N8O4Si. The van der Waals surface area contributed by atoms with Gasteiger partial charge < -0.3 is 35.1 Å². The summed E-state index contributed by atoms with van der Waals surface area (Å²) in [6.07, 6.45) is 1.38. The first-order valence-corrected chi connectivity index (χ1v) is 20.0. The molecule has 0 unspecified atom stereocenters. The Bertz CT molecular complexity index is 1510. The maximum Gasteiger partial charge on any atom is 0.331 e. The summed E-state index contributed by atoms with van der Waals surface area (Å²) in [5.74, 6) is 1.38. The Hall–Kier alpha value is -3.49. The molecule has 1 aliphatic heterocycles. The first-order valence-electron chi connectivity index (χ1n) is 15.6. The number of urea groups is 1. The largest absolute Gasteiger partial charge is 0.495 e. The van der Waals surface area contributed by atoms with Crippen LogP contribution in [0.3, 0.4) is 0 Å². The second kappa shape index (κ2) is 16.1. The van der Waals surface area contributed by atoms with Gasteiger partial charge in [-0.05, 0) is 30.8 Å². The highest BCUT2D eigenvalue weighted by atomic mass is 35.5. The number of anilines is 6. The molecule has 0 bridgehead atoms. The maximum atomic E-state index is 14.2. The van der Waals surface area contributed by atoms with Crippen molar-refractivity contribution in [2.24, 2.45) is 0 Å². The molecule has 47 heavy (non-hydrogen) atoms. The number of piperazine rings is 1. The van der Waals surface area contributed by atoms with Crippen LogP contribution in [0.4, 0.5) is 39.2 Å². The van der Waals surface area contributed by atoms with E-state index in [1.54, 1.807) is 19.2 Å². The summed E-state index contributed by atoms with van der Waals surface area (Å²) in [6.45, 7) is 14.3. The van der Waals surface area contributed by atoms with E-state index in [1.165, 1.54) is 30.3 Å². The number of nitrogen functional groups attached to an aromatic ring is 1. The van der Waals surface area contributed by atoms with E-state index < -0.39 is 14.1 Å². The zero-order valence-corrected chi connectivity index (χ0v) is 30.8. The van der Waals surface area contributed by atoms with Gasteiger partial charge in [-0.2, -0.15) is 0 Å². The van der Waals surface area contributed by atoms with Crippen molar-refractivity contribution < 1.29 is 19.0 Å². The zero-order chi connectivity index (χ0) is 34.3. The van der Waals surface area contributed by atoms with Crippen molar-refractivity contribution in [3.05, 3.63) is 46.7 Å². The molecule has 3 aromatic rings. The van der Waals surface area contributed by atoms with Crippen molar-refractivity contribution in [1.29, 1.82) is 0 Å². The molecule has 2 aromatic carbocycles. The fourth-order valence-electron chi connectivity index (χ4n) is 5.06. The summed E-state index contributed by atoms with van der Waals surface area (Å²) in [7, 11) is 3.17. The van der Waals surface area contributed by atoms with Gasteiger partial charge in [0.05, 0.1) is 31.3 Å². The van der Waals surface area contributed by atoms with Gasteiger partial charge in [0.1, 0.15) is 46.2 Å². The average molecular weight is 706 g/mol. The lowest BCUT2D eigenvalue weighted by atomic mass is 10.2. The van der Waals surface area contributed by atoms with Crippen molar-refractivity contribution in [3.63, 3.8) is 0 Å². The SMILES string of the molecule is CCN1CCN(c2ccc(Nc3cc(N(C)C(=O)N(COCC[Si](C)(C)C)c4c(Cl)c(OC)cc(OC)c4Cl)ncn3)c(N)c2)CC1. The molecular weight excluding hydrogens is 659 g/mol. The fraction of sp³-hybridized carbons (Fsp3) is 0.469. The van der Waals surface area contributed by atoms with Crippen molar-refractivity contribution >= 4 is 71.7 Å². The molecule has 0 radical (unpaired) electrons. The van der Waals surface area contributed by atoms with Crippen LogP contribution in [0.15, 0.2) is 36.7 Å². The third-order valence-corrected chi connectivity index (χ3v) is 10.5. The van der Waals surface area contributed by atoms with Crippen LogP contribution in [0.5, 0.6) is 11.5 Å². The molecule has 0 spiro atoms. The highest BCUT2D eigenvalue weighted by Gasteiger charge is 2.30. The molecule has 0 aliphatic carbocycles. The van der Waals surface area contributed by atoms with Crippen molar-refractivity contribution in [1.82, 2.24) is 14.9 Å². The average Bonchev–Trinajstić information content (AvgIpc) is 3.06. The monoisotopic (exact) mass is 704 g/mol. The lowest BCUT2D eigenvalue weighted by Gasteiger charge is -2.35. The normalized spacial score (nSPS) is 13.8. The minimum absolute atomic E-state index is 0.115. The number of likely N-dealkylation sites (N-methyl/N-ethyl adjacent to an activating group) is 1. The molecule has 1 fully saturated rings. The first-order chi connectivity index (χ1) is 22.4. The topological polar surface area (TPSA) is 122 Å². The van der Waals surface area contributed by atoms with Crippen LogP contribution >= 0.6 is 23.2 Å². The number of benzene rings is 2. The summed E-state index contributed by atoms with van der Waals surface area (Å²) in [5.41, 5.74) is 9.03. The number of nitrogens with one attached hydrogen (secondary N) is 1. The number of rotatable bonds is 13. The third kappa shape index (κ3) is 9.11. The number of halogens is 2. The molecule has 4 rings (SSSR count). The highest BCUT2D eigenvalue weighted by Crippen LogP contribution is 2.46. The molecule has 0 saturated carbocycles. The maximum absolute atomic E-state index is 14.2. The standard InChI is InChI=1S/C32H46Cl2N8O4Si/c1-8-40-11-13-41(14-12-40)22-9-10-24(23(35)17-22)38-27-19-28(37-20-36-27)39(2)32(43)42(21-46-15-16-47(5,6)7)31-29(33)25(44-3)18-26(45-4)30(31)34/h9-10,17-20H,8,11-16,21,35H2,1-7H3,(H,36,37,38). The summed E-state index contributed by atoms with van der Waals surface area (Å²) in [4.78, 5) is 30.4. The Kier molecular flexibility index (Phi) is 12.4. The first kappa shape index (κ1) is 36.3. The van der Waals surface area contributed by atoms with E-state index in [9.17, 15) is 4.79 Å². The van der Waals surface area contributed by atoms with Gasteiger partial charge in [0.25, 0.3) is 0 Å². The van der Waals surface area contributed by atoms with Gasteiger partial charge in [0, 0.05) is 65.7 Å². The fourth-order valence-corrected chi connectivity index (χ4v) is 6.52. The number of carbonyl (C=O) groups is 1. The van der Waals surface area contributed by atoms with Crippen LogP contribution in [-0.2, 0) is 4.74 Å². The van der Waals surface area contributed by atoms with Gasteiger partial charge in [0.15, 0.2) is 0 Å². The second-order valence-corrected chi connectivity index (χ2v) is 18.8. The van der Waals surface area contributed by atoms with E-state index in [4.69, 9.17) is 43.1 Å². The molecule has 1 saturated heterocycles. The summed E-state index contributed by atoms with van der Waals surface area (Å²) in [6, 6.07) is 9.61. The number of carbonyl (C=O) groups excluding carboxylic acids is 1. The van der Waals surface area contributed by atoms with Crippen LogP contribution in [0.2, 0.25) is 35.7 Å². The van der Waals surface area contributed by atoms with E-state index in [2.05, 4.69) is 51.6 Å². The number of amides is 2. The number of hydrogen-bond acceptors (Lipinski definition) is 10. The number of aromatic nitrogens is 2. The van der Waals surface area contributed by atoms with E-state index >= 15 is 0 Å². The van der Waals surface area contributed by atoms with E-state index in [0.717, 1.165) is 44.5 Å². The predicted molar refractivity (Wildman–Crippen MR) is 195 cm³/mol. The summed E-state index contributed by atoms with van der Waals surface area (Å²) >= 11 is 13.5. The molecule has 2 amide bonds. The third-order valence-electron chi connectivity index (χ3n) is 8.03. The number of nitrogens with two attached hydrogens (primary N) is 1. The smallest absolute Gasteiger partial charge is 0.331 e. The molecule has 15 heteroatoms. The number of hydrogen-bond donors (Lipinski definition) is 2. The lowest BCUT2D eigenvalue weighted by Crippen LogP contribution is -2.46. The second-order valence-electron chi connectivity index (χ2n) is 12.5. The molecule has 256 valence electrons. The van der Waals surface area contributed by atoms with E-state index in [0.29, 0.717) is 41.1 Å². The summed E-state index contributed by atoms with van der Waals surface area (Å²) in [5, 5.41) is 3.55. The van der Waals surface area contributed by atoms with E-state index in [1.807, 2.05) is 18.2 Å². The predicted octanol–water partition coefficient (Wildman–Crippen LogP) is 6.64. The van der Waals surface area contributed by atoms with Gasteiger partial charge in [-0.3, -0.25) is 9.80 Å². The molecule has 1 aliphatic rings. The number of ether oxygens (including phenoxy) is 3. The summed E-state index contributed by atoms with van der Waals surface area (Å²) < 4.78 is 16.9. The molecule has 0 atom stereocenters. The van der Waals surface area contributed by atoms with Gasteiger partial charge in [0.2, 0.25) is 0 Å². The highest BCUT2D eigenvalue weighted by molar-refractivity contribution is 6.76. The van der Waals surface area contributed by atoms with Crippen LogP contribution in [0.25, 0.3) is 0 Å². The Labute approximate surface area is 288 Å². The molecule has 2 heterocycles. The quantitative estimate of drug-likeness (QED) is 0.0866. The van der Waals surface area contributed by atoms with Crippen LogP contribution in [-0.4, -0.2) is 96.3 Å². The van der Waals surface area contributed by atoms with Gasteiger partial charge in [-0.15, -0.1) is 0 Å². The van der Waals surface area contributed by atoms with Gasteiger partial charge in [-0.25, -0.2) is 14.8 Å². The molecule has 3 N–H and O–H groups in total. The lowest BCUT2D eigenvalue weighted by molar-refractivity contribution is 0.148. The Morgan fingerprint density at radius 2 is 1.68 bits per heavy atom. The van der Waals surface area contributed by atoms with Crippen LogP contribution < -0.4 is 35.2 Å². The van der Waals surface area contributed by atoms with Crippen molar-refractivity contribution in [3.8, 4) is 11.5 Å². The van der Waals surface area contributed by atoms with Gasteiger partial charge in [-0.1, -0.05) is 49.8 Å². The van der Waals surface area contributed by atoms with Crippen molar-refractivity contribution in [2.45, 2.75) is 32.6 Å². The van der Waals surface area contributed by atoms with Crippen molar-refractivity contribution in [2.75, 3.05) is 93.1 Å². The number of methoxy groups -OCH3 is 2. The molecule has 12 nitrogen and oxygen atoms in total. The minimum atomic E-state index is -1.39.